The smallest absolute Gasteiger partial charge is 0.270 e. The monoisotopic (exact) mass is 363 g/mol. The van der Waals surface area contributed by atoms with Gasteiger partial charge >= 0.3 is 0 Å². The Morgan fingerprint density at radius 2 is 2.04 bits per heavy atom. The van der Waals surface area contributed by atoms with Gasteiger partial charge in [-0.2, -0.15) is 0 Å². The summed E-state index contributed by atoms with van der Waals surface area (Å²) in [5, 5.41) is 5.72. The number of amides is 1. The van der Waals surface area contributed by atoms with Crippen molar-refractivity contribution in [2.24, 2.45) is 0 Å². The van der Waals surface area contributed by atoms with Crippen molar-refractivity contribution in [2.75, 3.05) is 16.8 Å². The van der Waals surface area contributed by atoms with Crippen LogP contribution in [-0.2, 0) is 16.4 Å². The summed E-state index contributed by atoms with van der Waals surface area (Å²) in [7, 11) is -3.04. The van der Waals surface area contributed by atoms with Crippen molar-refractivity contribution in [2.45, 2.75) is 19.0 Å². The van der Waals surface area contributed by atoms with E-state index in [0.29, 0.717) is 24.2 Å². The summed E-state index contributed by atoms with van der Waals surface area (Å²) in [5.41, 5.74) is 1.40. The Labute approximate surface area is 145 Å². The number of sulfone groups is 1. The number of hydrogen-bond donors (Lipinski definition) is 2. The maximum absolute atomic E-state index is 13.6. The molecular formula is C17H18FN3O3S. The van der Waals surface area contributed by atoms with Crippen LogP contribution < -0.4 is 10.6 Å². The number of halogens is 1. The Morgan fingerprint density at radius 1 is 1.24 bits per heavy atom. The first-order valence-corrected chi connectivity index (χ1v) is 9.70. The van der Waals surface area contributed by atoms with Crippen molar-refractivity contribution in [3.63, 3.8) is 0 Å². The second-order valence-electron chi connectivity index (χ2n) is 5.95. The molecule has 1 aliphatic rings. The van der Waals surface area contributed by atoms with E-state index in [4.69, 9.17) is 0 Å². The predicted octanol–water partition coefficient (Wildman–Crippen LogP) is 1.75. The second kappa shape index (κ2) is 7.18. The van der Waals surface area contributed by atoms with E-state index in [9.17, 15) is 17.6 Å². The van der Waals surface area contributed by atoms with Gasteiger partial charge in [0.2, 0.25) is 0 Å². The molecule has 0 spiro atoms. The number of nitrogens with zero attached hydrogens (tertiary/aromatic N) is 1. The summed E-state index contributed by atoms with van der Waals surface area (Å²) >= 11 is 0. The third-order valence-electron chi connectivity index (χ3n) is 4.00. The van der Waals surface area contributed by atoms with Crippen LogP contribution in [0.25, 0.3) is 0 Å². The zero-order chi connectivity index (χ0) is 17.9. The maximum atomic E-state index is 13.6. The number of nitrogens with one attached hydrogen (secondary N) is 2. The van der Waals surface area contributed by atoms with Crippen molar-refractivity contribution < 1.29 is 17.6 Å². The lowest BCUT2D eigenvalue weighted by molar-refractivity contribution is 0.0936. The third kappa shape index (κ3) is 4.54. The van der Waals surface area contributed by atoms with Gasteiger partial charge in [0, 0.05) is 18.2 Å². The molecule has 0 saturated carbocycles. The molecule has 1 aliphatic heterocycles. The van der Waals surface area contributed by atoms with Gasteiger partial charge in [0.25, 0.3) is 5.91 Å². The first-order valence-electron chi connectivity index (χ1n) is 7.87. The minimum absolute atomic E-state index is 0.0268. The Hall–Kier alpha value is -2.48. The number of carbonyl (C=O) groups is 1. The Kier molecular flexibility index (Phi) is 4.98. The molecule has 1 aromatic carbocycles. The molecule has 2 N–H and O–H groups in total. The van der Waals surface area contributed by atoms with Gasteiger partial charge in [-0.25, -0.2) is 17.8 Å². The van der Waals surface area contributed by atoms with Crippen LogP contribution in [0.3, 0.4) is 0 Å². The molecule has 6 nitrogen and oxygen atoms in total. The van der Waals surface area contributed by atoms with Gasteiger partial charge in [-0.3, -0.25) is 4.79 Å². The van der Waals surface area contributed by atoms with E-state index in [1.54, 1.807) is 30.3 Å². The fraction of sp³-hybridized carbons (Fsp3) is 0.294. The first kappa shape index (κ1) is 17.3. The van der Waals surface area contributed by atoms with Gasteiger partial charge in [0.05, 0.1) is 23.4 Å². The Balaban J connectivity index is 1.56. The highest BCUT2D eigenvalue weighted by atomic mass is 32.2. The maximum Gasteiger partial charge on any atom is 0.270 e. The topological polar surface area (TPSA) is 88.2 Å². The average molecular weight is 363 g/mol. The van der Waals surface area contributed by atoms with Gasteiger partial charge < -0.3 is 10.6 Å². The summed E-state index contributed by atoms with van der Waals surface area (Å²) in [6.07, 6.45) is 1.91. The summed E-state index contributed by atoms with van der Waals surface area (Å²) in [4.78, 5) is 16.2. The van der Waals surface area contributed by atoms with E-state index in [2.05, 4.69) is 15.6 Å². The molecule has 25 heavy (non-hydrogen) atoms. The van der Waals surface area contributed by atoms with Gasteiger partial charge in [-0.05, 0) is 24.6 Å². The summed E-state index contributed by atoms with van der Waals surface area (Å²) in [5.74, 6) is -0.612. The highest BCUT2D eigenvalue weighted by molar-refractivity contribution is 7.91. The van der Waals surface area contributed by atoms with Crippen LogP contribution in [0.2, 0.25) is 0 Å². The molecule has 132 valence electrons. The van der Waals surface area contributed by atoms with Crippen molar-refractivity contribution in [1.82, 2.24) is 10.3 Å². The summed E-state index contributed by atoms with van der Waals surface area (Å²) < 4.78 is 36.4. The van der Waals surface area contributed by atoms with Crippen LogP contribution >= 0.6 is 0 Å². The normalized spacial score (nSPS) is 18.7. The summed E-state index contributed by atoms with van der Waals surface area (Å²) in [6.45, 7) is 0.305. The van der Waals surface area contributed by atoms with E-state index in [1.165, 1.54) is 12.3 Å². The highest BCUT2D eigenvalue weighted by Gasteiger charge is 2.29. The van der Waals surface area contributed by atoms with E-state index < -0.39 is 15.7 Å². The molecule has 0 radical (unpaired) electrons. The molecule has 1 saturated heterocycles. The number of pyridine rings is 1. The van der Waals surface area contributed by atoms with Crippen LogP contribution in [0.4, 0.5) is 10.1 Å². The molecule has 2 heterocycles. The molecule has 1 unspecified atom stereocenters. The van der Waals surface area contributed by atoms with E-state index in [1.807, 2.05) is 0 Å². The molecule has 1 amide bonds. The van der Waals surface area contributed by atoms with Gasteiger partial charge in [-0.1, -0.05) is 18.2 Å². The number of anilines is 1. The Morgan fingerprint density at radius 3 is 2.68 bits per heavy atom. The molecule has 1 aromatic heterocycles. The van der Waals surface area contributed by atoms with Crippen molar-refractivity contribution in [1.29, 1.82) is 0 Å². The van der Waals surface area contributed by atoms with E-state index >= 15 is 0 Å². The van der Waals surface area contributed by atoms with Crippen LogP contribution in [-0.4, -0.2) is 36.9 Å². The van der Waals surface area contributed by atoms with Crippen molar-refractivity contribution in [3.05, 3.63) is 59.7 Å². The van der Waals surface area contributed by atoms with E-state index in [-0.39, 0.29) is 29.1 Å². The molecule has 0 aliphatic carbocycles. The van der Waals surface area contributed by atoms with Crippen LogP contribution in [0.1, 0.15) is 22.5 Å². The SMILES string of the molecule is O=C(NC1CCS(=O)(=O)C1)c1ccc(NCc2ccccc2F)cn1. The van der Waals surface area contributed by atoms with Crippen molar-refractivity contribution in [3.8, 4) is 0 Å². The molecule has 8 heteroatoms. The fourth-order valence-corrected chi connectivity index (χ4v) is 4.31. The first-order chi connectivity index (χ1) is 11.9. The minimum atomic E-state index is -3.04. The molecule has 2 aromatic rings. The lowest BCUT2D eigenvalue weighted by Gasteiger charge is -2.11. The van der Waals surface area contributed by atoms with Crippen LogP contribution in [0.15, 0.2) is 42.6 Å². The minimum Gasteiger partial charge on any atom is -0.380 e. The van der Waals surface area contributed by atoms with Crippen molar-refractivity contribution >= 4 is 21.4 Å². The Bertz CT molecular complexity index is 869. The number of carbonyl (C=O) groups excluding carboxylic acids is 1. The zero-order valence-electron chi connectivity index (χ0n) is 13.4. The van der Waals surface area contributed by atoms with Gasteiger partial charge in [0.1, 0.15) is 11.5 Å². The molecule has 1 atom stereocenters. The molecule has 0 bridgehead atoms. The summed E-state index contributed by atoms with van der Waals surface area (Å²) in [6, 6.07) is 9.33. The molecule has 1 fully saturated rings. The number of rotatable bonds is 5. The number of hydrogen-bond acceptors (Lipinski definition) is 5. The molecule has 3 rings (SSSR count). The third-order valence-corrected chi connectivity index (χ3v) is 5.77. The predicted molar refractivity (Wildman–Crippen MR) is 92.5 cm³/mol. The zero-order valence-corrected chi connectivity index (χ0v) is 14.2. The van der Waals surface area contributed by atoms with Crippen LogP contribution in [0, 0.1) is 5.82 Å². The van der Waals surface area contributed by atoms with E-state index in [0.717, 1.165) is 0 Å². The second-order valence-corrected chi connectivity index (χ2v) is 8.18. The van der Waals surface area contributed by atoms with Crippen LogP contribution in [0.5, 0.6) is 0 Å². The molecular weight excluding hydrogens is 345 g/mol. The standard InChI is InChI=1S/C17H18FN3O3S/c18-15-4-2-1-3-12(15)9-19-13-5-6-16(20-10-13)17(22)21-14-7-8-25(23,24)11-14/h1-6,10,14,19H,7-9,11H2,(H,21,22). The highest BCUT2D eigenvalue weighted by Crippen LogP contribution is 2.13. The lowest BCUT2D eigenvalue weighted by Crippen LogP contribution is -2.36. The van der Waals surface area contributed by atoms with Gasteiger partial charge in [0.15, 0.2) is 9.84 Å². The quantitative estimate of drug-likeness (QED) is 0.845. The number of aromatic nitrogens is 1. The average Bonchev–Trinajstić information content (AvgIpc) is 2.93. The number of benzene rings is 1. The largest absolute Gasteiger partial charge is 0.380 e. The lowest BCUT2D eigenvalue weighted by atomic mass is 10.2. The van der Waals surface area contributed by atoms with Gasteiger partial charge in [-0.15, -0.1) is 0 Å². The fourth-order valence-electron chi connectivity index (χ4n) is 2.64.